The maximum atomic E-state index is 13.4. The first-order valence-electron chi connectivity index (χ1n) is 11.2. The summed E-state index contributed by atoms with van der Waals surface area (Å²) >= 11 is 0. The highest BCUT2D eigenvalue weighted by Gasteiger charge is 2.25. The second-order valence-electron chi connectivity index (χ2n) is 8.39. The van der Waals surface area contributed by atoms with Crippen molar-refractivity contribution >= 4 is 11.6 Å². The van der Waals surface area contributed by atoms with Crippen LogP contribution in [-0.2, 0) is 19.6 Å². The Kier molecular flexibility index (Phi) is 7.82. The molecule has 0 spiro atoms. The van der Waals surface area contributed by atoms with Crippen LogP contribution < -0.4 is 17.0 Å². The molecule has 0 unspecified atom stereocenters. The molecule has 0 saturated carbocycles. The number of ketones is 1. The lowest BCUT2D eigenvalue weighted by atomic mass is 10.1. The Morgan fingerprint density at radius 1 is 1.03 bits per heavy atom. The Morgan fingerprint density at radius 2 is 1.68 bits per heavy atom. The fourth-order valence-electron chi connectivity index (χ4n) is 3.78. The maximum absolute atomic E-state index is 13.4. The molecular formula is C26H29N5O3. The van der Waals surface area contributed by atoms with Crippen LogP contribution in [0.25, 0.3) is 0 Å². The number of benzene rings is 2. The molecule has 34 heavy (non-hydrogen) atoms. The van der Waals surface area contributed by atoms with Crippen LogP contribution in [-0.4, -0.2) is 32.4 Å². The van der Waals surface area contributed by atoms with Crippen molar-refractivity contribution in [1.82, 2.24) is 14.0 Å². The number of nitriles is 1. The number of Topliss-reactive ketones (excluding diaryl/α,β-unsaturated/α-hetero) is 1. The lowest BCUT2D eigenvalue weighted by Gasteiger charge is -2.26. The van der Waals surface area contributed by atoms with Gasteiger partial charge in [0.1, 0.15) is 11.4 Å². The third kappa shape index (κ3) is 5.33. The first-order valence-corrected chi connectivity index (χ1v) is 11.2. The van der Waals surface area contributed by atoms with E-state index >= 15 is 0 Å². The van der Waals surface area contributed by atoms with E-state index in [0.29, 0.717) is 12.1 Å². The second kappa shape index (κ2) is 10.8. The molecule has 0 aliphatic carbocycles. The SMILES string of the molecule is CCn1c(=O)c(C(=O)CN(Cc2ccc(C#N)cc2)C(C)C)c(N)n(Cc2ccccc2)c1=O. The Bertz CT molecular complexity index is 1320. The molecule has 2 N–H and O–H groups in total. The summed E-state index contributed by atoms with van der Waals surface area (Å²) in [6.45, 7) is 6.32. The Hall–Kier alpha value is -3.96. The molecule has 1 aromatic heterocycles. The van der Waals surface area contributed by atoms with Crippen molar-refractivity contribution in [3.05, 3.63) is 97.7 Å². The van der Waals surface area contributed by atoms with E-state index in [1.807, 2.05) is 61.2 Å². The van der Waals surface area contributed by atoms with Crippen molar-refractivity contribution in [2.75, 3.05) is 12.3 Å². The summed E-state index contributed by atoms with van der Waals surface area (Å²) in [4.78, 5) is 41.3. The lowest BCUT2D eigenvalue weighted by Crippen LogP contribution is -2.45. The monoisotopic (exact) mass is 459 g/mol. The highest BCUT2D eigenvalue weighted by Crippen LogP contribution is 2.14. The average molecular weight is 460 g/mol. The predicted octanol–water partition coefficient (Wildman–Crippen LogP) is 2.63. The number of hydrogen-bond donors (Lipinski definition) is 1. The van der Waals surface area contributed by atoms with E-state index < -0.39 is 17.0 Å². The number of nitrogens with two attached hydrogens (primary N) is 1. The minimum atomic E-state index is -0.665. The number of carbonyl (C=O) groups excluding carboxylic acids is 1. The van der Waals surface area contributed by atoms with Crippen molar-refractivity contribution in [2.24, 2.45) is 0 Å². The van der Waals surface area contributed by atoms with Gasteiger partial charge in [0.15, 0.2) is 5.78 Å². The molecule has 3 aromatic rings. The lowest BCUT2D eigenvalue weighted by molar-refractivity contribution is 0.0896. The van der Waals surface area contributed by atoms with Crippen molar-refractivity contribution in [2.45, 2.75) is 46.4 Å². The van der Waals surface area contributed by atoms with Crippen molar-refractivity contribution < 1.29 is 4.79 Å². The smallest absolute Gasteiger partial charge is 0.332 e. The summed E-state index contributed by atoms with van der Waals surface area (Å²) in [5, 5.41) is 9.00. The normalized spacial score (nSPS) is 11.1. The fraction of sp³-hybridized carbons (Fsp3) is 0.308. The molecule has 0 radical (unpaired) electrons. The van der Waals surface area contributed by atoms with Crippen LogP contribution in [0.4, 0.5) is 5.82 Å². The van der Waals surface area contributed by atoms with Gasteiger partial charge in [-0.2, -0.15) is 5.26 Å². The number of anilines is 1. The van der Waals surface area contributed by atoms with Crippen molar-refractivity contribution in [3.63, 3.8) is 0 Å². The number of aromatic nitrogens is 2. The van der Waals surface area contributed by atoms with Gasteiger partial charge in [-0.3, -0.25) is 23.6 Å². The highest BCUT2D eigenvalue weighted by atomic mass is 16.2. The summed E-state index contributed by atoms with van der Waals surface area (Å²) < 4.78 is 2.33. The maximum Gasteiger partial charge on any atom is 0.332 e. The summed E-state index contributed by atoms with van der Waals surface area (Å²) in [5.41, 5.74) is 7.24. The number of nitrogens with zero attached hydrogens (tertiary/aromatic N) is 4. The first kappa shape index (κ1) is 24.7. The molecule has 0 fully saturated rings. The zero-order valence-electron chi connectivity index (χ0n) is 19.7. The van der Waals surface area contributed by atoms with E-state index in [4.69, 9.17) is 11.0 Å². The van der Waals surface area contributed by atoms with Crippen LogP contribution in [0, 0.1) is 11.3 Å². The van der Waals surface area contributed by atoms with E-state index in [2.05, 4.69) is 6.07 Å². The van der Waals surface area contributed by atoms with Gasteiger partial charge in [-0.05, 0) is 44.0 Å². The van der Waals surface area contributed by atoms with E-state index in [0.717, 1.165) is 15.7 Å². The van der Waals surface area contributed by atoms with Crippen molar-refractivity contribution in [3.8, 4) is 6.07 Å². The van der Waals surface area contributed by atoms with Crippen LogP contribution in [0.3, 0.4) is 0 Å². The molecule has 0 atom stereocenters. The minimum Gasteiger partial charge on any atom is -0.384 e. The largest absolute Gasteiger partial charge is 0.384 e. The predicted molar refractivity (Wildman–Crippen MR) is 132 cm³/mol. The van der Waals surface area contributed by atoms with E-state index in [1.165, 1.54) is 4.57 Å². The molecule has 2 aromatic carbocycles. The number of hydrogen-bond acceptors (Lipinski definition) is 6. The minimum absolute atomic E-state index is 0.00411. The highest BCUT2D eigenvalue weighted by molar-refractivity contribution is 6.01. The van der Waals surface area contributed by atoms with Crippen LogP contribution in [0.2, 0.25) is 0 Å². The van der Waals surface area contributed by atoms with Gasteiger partial charge in [-0.25, -0.2) is 4.79 Å². The van der Waals surface area contributed by atoms with Crippen LogP contribution in [0.5, 0.6) is 0 Å². The van der Waals surface area contributed by atoms with Crippen molar-refractivity contribution in [1.29, 1.82) is 5.26 Å². The quantitative estimate of drug-likeness (QED) is 0.492. The summed E-state index contributed by atoms with van der Waals surface area (Å²) in [6.07, 6.45) is 0. The number of carbonyl (C=O) groups is 1. The average Bonchev–Trinajstić information content (AvgIpc) is 2.82. The molecule has 8 nitrogen and oxygen atoms in total. The zero-order chi connectivity index (χ0) is 24.8. The standard InChI is InChI=1S/C26H29N5O3/c1-4-30-25(33)23(24(28)31(26(30)34)16-20-8-6-5-7-9-20)22(32)17-29(18(2)3)15-21-12-10-19(14-27)11-13-21/h5-13,18H,4,15-17,28H2,1-3H3. The third-order valence-corrected chi connectivity index (χ3v) is 5.79. The molecule has 0 amide bonds. The van der Waals surface area contributed by atoms with Crippen LogP contribution in [0.1, 0.15) is 47.8 Å². The first-order chi connectivity index (χ1) is 16.3. The molecule has 3 rings (SSSR count). The summed E-state index contributed by atoms with van der Waals surface area (Å²) in [7, 11) is 0. The van der Waals surface area contributed by atoms with E-state index in [9.17, 15) is 14.4 Å². The summed E-state index contributed by atoms with van der Waals surface area (Å²) in [6, 6.07) is 18.5. The Morgan fingerprint density at radius 3 is 2.24 bits per heavy atom. The zero-order valence-corrected chi connectivity index (χ0v) is 19.7. The Balaban J connectivity index is 1.97. The molecule has 8 heteroatoms. The van der Waals surface area contributed by atoms with Gasteiger partial charge in [0, 0.05) is 19.1 Å². The molecular weight excluding hydrogens is 430 g/mol. The van der Waals surface area contributed by atoms with Crippen LogP contribution in [0.15, 0.2) is 64.2 Å². The third-order valence-electron chi connectivity index (χ3n) is 5.79. The van der Waals surface area contributed by atoms with Gasteiger partial charge in [-0.15, -0.1) is 0 Å². The van der Waals surface area contributed by atoms with Gasteiger partial charge in [0.25, 0.3) is 5.56 Å². The second-order valence-corrected chi connectivity index (χ2v) is 8.39. The van der Waals surface area contributed by atoms with Gasteiger partial charge in [-0.1, -0.05) is 42.5 Å². The number of nitrogen functional groups attached to an aromatic ring is 1. The topological polar surface area (TPSA) is 114 Å². The molecule has 0 saturated heterocycles. The van der Waals surface area contributed by atoms with Gasteiger partial charge < -0.3 is 5.73 Å². The summed E-state index contributed by atoms with van der Waals surface area (Å²) in [5.74, 6) is -0.551. The van der Waals surface area contributed by atoms with Gasteiger partial charge in [0.2, 0.25) is 0 Å². The molecule has 1 heterocycles. The Labute approximate surface area is 198 Å². The number of rotatable bonds is 9. The fourth-order valence-corrected chi connectivity index (χ4v) is 3.78. The van der Waals surface area contributed by atoms with E-state index in [1.54, 1.807) is 19.1 Å². The van der Waals surface area contributed by atoms with E-state index in [-0.39, 0.29) is 37.1 Å². The molecule has 0 aliphatic heterocycles. The molecule has 0 aliphatic rings. The molecule has 0 bridgehead atoms. The van der Waals surface area contributed by atoms with Crippen LogP contribution >= 0.6 is 0 Å². The van der Waals surface area contributed by atoms with Gasteiger partial charge >= 0.3 is 5.69 Å². The van der Waals surface area contributed by atoms with Gasteiger partial charge in [0.05, 0.1) is 24.7 Å². The molecule has 176 valence electrons.